The summed E-state index contributed by atoms with van der Waals surface area (Å²) in [5.74, 6) is -1.01. The van der Waals surface area contributed by atoms with Gasteiger partial charge >= 0.3 is 0 Å². The number of nitrogens with zero attached hydrogens (tertiary/aromatic N) is 1. The maximum absolute atomic E-state index is 12.5. The van der Waals surface area contributed by atoms with E-state index >= 15 is 0 Å². The summed E-state index contributed by atoms with van der Waals surface area (Å²) in [5, 5.41) is 2.28. The number of rotatable bonds is 1. The molecule has 2 heterocycles. The molecule has 0 radical (unpaired) electrons. The lowest BCUT2D eigenvalue weighted by molar-refractivity contribution is -0.145. The smallest absolute Gasteiger partial charge is 0.249 e. The van der Waals surface area contributed by atoms with Gasteiger partial charge in [0, 0.05) is 17.5 Å². The second kappa shape index (κ2) is 4.94. The van der Waals surface area contributed by atoms with E-state index in [1.54, 1.807) is 6.20 Å². The van der Waals surface area contributed by atoms with Gasteiger partial charge in [-0.25, -0.2) is 0 Å². The largest absolute Gasteiger partial charge is 0.306 e. The highest BCUT2D eigenvalue weighted by Gasteiger charge is 2.38. The van der Waals surface area contributed by atoms with Gasteiger partial charge in [0.1, 0.15) is 6.04 Å². The highest BCUT2D eigenvalue weighted by Crippen LogP contribution is 2.32. The quantitative estimate of drug-likeness (QED) is 0.557. The number of piperidine rings is 1. The lowest BCUT2D eigenvalue weighted by atomic mass is 9.87. The van der Waals surface area contributed by atoms with Crippen LogP contribution in [-0.2, 0) is 14.4 Å². The molecule has 0 aromatic heterocycles. The fraction of sp³-hybridized carbons (Fsp3) is 0.357. The number of hydrogen-bond donors (Lipinski definition) is 2. The monoisotopic (exact) mass is 290 g/mol. The lowest BCUT2D eigenvalue weighted by Crippen LogP contribution is -2.54. The van der Waals surface area contributed by atoms with Gasteiger partial charge in [-0.15, -0.1) is 12.6 Å². The number of thiol groups is 1. The van der Waals surface area contributed by atoms with Gasteiger partial charge in [-0.1, -0.05) is 6.08 Å². The number of allylic oxidation sites excluding steroid dienone is 3. The Hall–Kier alpha value is -1.82. The van der Waals surface area contributed by atoms with Crippen LogP contribution in [0.2, 0.25) is 0 Å². The molecule has 3 amide bonds. The predicted octanol–water partition coefficient (Wildman–Crippen LogP) is 0.907. The molecule has 3 aliphatic rings. The number of amides is 3. The molecule has 2 unspecified atom stereocenters. The van der Waals surface area contributed by atoms with Crippen LogP contribution in [0.4, 0.5) is 0 Å². The molecule has 0 spiro atoms. The Kier molecular flexibility index (Phi) is 3.25. The highest BCUT2D eigenvalue weighted by molar-refractivity contribution is 7.84. The van der Waals surface area contributed by atoms with Crippen LogP contribution >= 0.6 is 12.6 Å². The molecule has 5 nitrogen and oxygen atoms in total. The molecule has 1 N–H and O–H groups in total. The van der Waals surface area contributed by atoms with Crippen LogP contribution in [0.5, 0.6) is 0 Å². The van der Waals surface area contributed by atoms with E-state index in [2.05, 4.69) is 17.9 Å². The van der Waals surface area contributed by atoms with E-state index in [0.29, 0.717) is 12.8 Å². The molecular weight excluding hydrogens is 276 g/mol. The van der Waals surface area contributed by atoms with Crippen molar-refractivity contribution in [2.45, 2.75) is 25.3 Å². The first kappa shape index (κ1) is 13.2. The second-order valence-corrected chi connectivity index (χ2v) is 5.61. The van der Waals surface area contributed by atoms with E-state index < -0.39 is 11.9 Å². The van der Waals surface area contributed by atoms with Crippen molar-refractivity contribution in [2.75, 3.05) is 0 Å². The Bertz CT molecular complexity index is 591. The van der Waals surface area contributed by atoms with Gasteiger partial charge in [0.25, 0.3) is 0 Å². The lowest BCUT2D eigenvalue weighted by Gasteiger charge is -2.36. The first-order valence-electron chi connectivity index (χ1n) is 6.51. The molecule has 104 valence electrons. The van der Waals surface area contributed by atoms with E-state index in [4.69, 9.17) is 0 Å². The maximum atomic E-state index is 12.5. The molecule has 1 saturated heterocycles. The fourth-order valence-corrected chi connectivity index (χ4v) is 2.99. The average Bonchev–Trinajstić information content (AvgIpc) is 2.40. The Balaban J connectivity index is 1.85. The zero-order valence-electron chi connectivity index (χ0n) is 10.7. The van der Waals surface area contributed by atoms with Crippen LogP contribution in [0.1, 0.15) is 19.3 Å². The maximum Gasteiger partial charge on any atom is 0.249 e. The minimum absolute atomic E-state index is 0.0923. The van der Waals surface area contributed by atoms with Gasteiger partial charge in [-0.05, 0) is 30.6 Å². The molecule has 0 bridgehead atoms. The van der Waals surface area contributed by atoms with Gasteiger partial charge in [0.15, 0.2) is 0 Å². The van der Waals surface area contributed by atoms with Crippen LogP contribution in [0.3, 0.4) is 0 Å². The summed E-state index contributed by atoms with van der Waals surface area (Å²) in [6.45, 7) is 0. The van der Waals surface area contributed by atoms with Crippen LogP contribution in [0.15, 0.2) is 34.9 Å². The average molecular weight is 290 g/mol. The van der Waals surface area contributed by atoms with Crippen molar-refractivity contribution in [3.05, 3.63) is 34.9 Å². The van der Waals surface area contributed by atoms with Crippen LogP contribution in [0, 0.1) is 5.92 Å². The van der Waals surface area contributed by atoms with Gasteiger partial charge in [0.05, 0.1) is 5.92 Å². The molecular formula is C14H14N2O3S. The molecule has 1 fully saturated rings. The van der Waals surface area contributed by atoms with Crippen molar-refractivity contribution >= 4 is 30.4 Å². The van der Waals surface area contributed by atoms with Crippen LogP contribution in [-0.4, -0.2) is 28.7 Å². The first-order chi connectivity index (χ1) is 9.56. The fourth-order valence-electron chi connectivity index (χ4n) is 2.74. The van der Waals surface area contributed by atoms with E-state index in [9.17, 15) is 14.4 Å². The third kappa shape index (κ3) is 2.20. The number of imide groups is 1. The molecule has 3 rings (SSSR count). The minimum atomic E-state index is -0.584. The highest BCUT2D eigenvalue weighted by atomic mass is 32.1. The minimum Gasteiger partial charge on any atom is -0.306 e. The summed E-state index contributed by atoms with van der Waals surface area (Å²) in [5.41, 5.74) is 0.922. The Morgan fingerprint density at radius 2 is 2.10 bits per heavy atom. The molecule has 0 aromatic rings. The molecule has 6 heteroatoms. The molecule has 1 aliphatic carbocycles. The third-order valence-corrected chi connectivity index (χ3v) is 4.12. The van der Waals surface area contributed by atoms with Crippen molar-refractivity contribution in [3.63, 3.8) is 0 Å². The SMILES string of the molecule is O=C1CCC(N2C=CC3=CC(S)=CCC3C2=O)C(=O)N1. The summed E-state index contributed by atoms with van der Waals surface area (Å²) in [7, 11) is 0. The van der Waals surface area contributed by atoms with Gasteiger partial charge in [-0.3, -0.25) is 19.7 Å². The Morgan fingerprint density at radius 1 is 1.30 bits per heavy atom. The normalized spacial score (nSPS) is 29.6. The molecule has 2 atom stereocenters. The van der Waals surface area contributed by atoms with Crippen molar-refractivity contribution in [1.29, 1.82) is 0 Å². The summed E-state index contributed by atoms with van der Waals surface area (Å²) >= 11 is 4.28. The Morgan fingerprint density at radius 3 is 2.85 bits per heavy atom. The number of fused-ring (bicyclic) bond motifs is 1. The third-order valence-electron chi connectivity index (χ3n) is 3.81. The van der Waals surface area contributed by atoms with Crippen molar-refractivity contribution in [3.8, 4) is 0 Å². The molecule has 20 heavy (non-hydrogen) atoms. The zero-order chi connectivity index (χ0) is 14.3. The summed E-state index contributed by atoms with van der Waals surface area (Å²) in [6.07, 6.45) is 8.49. The number of hydrogen-bond acceptors (Lipinski definition) is 4. The number of nitrogens with one attached hydrogen (secondary N) is 1. The number of carbonyl (C=O) groups is 3. The summed E-state index contributed by atoms with van der Waals surface area (Å²) in [6, 6.07) is -0.584. The number of carbonyl (C=O) groups excluding carboxylic acids is 3. The van der Waals surface area contributed by atoms with Gasteiger partial charge in [0.2, 0.25) is 17.7 Å². The molecule has 0 aromatic carbocycles. The van der Waals surface area contributed by atoms with Crippen LogP contribution < -0.4 is 5.32 Å². The van der Waals surface area contributed by atoms with Crippen molar-refractivity contribution in [1.82, 2.24) is 10.2 Å². The summed E-state index contributed by atoms with van der Waals surface area (Å²) < 4.78 is 0. The van der Waals surface area contributed by atoms with Crippen LogP contribution in [0.25, 0.3) is 0 Å². The van der Waals surface area contributed by atoms with Crippen molar-refractivity contribution < 1.29 is 14.4 Å². The topological polar surface area (TPSA) is 66.5 Å². The molecule has 2 aliphatic heterocycles. The van der Waals surface area contributed by atoms with E-state index in [-0.39, 0.29) is 24.2 Å². The summed E-state index contributed by atoms with van der Waals surface area (Å²) in [4.78, 5) is 37.8. The van der Waals surface area contributed by atoms with E-state index in [1.165, 1.54) is 4.90 Å². The second-order valence-electron chi connectivity index (χ2n) is 5.09. The predicted molar refractivity (Wildman–Crippen MR) is 75.4 cm³/mol. The van der Waals surface area contributed by atoms with E-state index in [0.717, 1.165) is 10.5 Å². The standard InChI is InChI=1S/C14H14N2O3S/c17-12-4-3-11(13(18)15-12)16-6-5-8-7-9(20)1-2-10(8)14(16)19/h1,5-7,10-11,20H,2-4H2,(H,15,17,18). The van der Waals surface area contributed by atoms with Crippen molar-refractivity contribution in [2.24, 2.45) is 5.92 Å². The van der Waals surface area contributed by atoms with Gasteiger partial charge < -0.3 is 4.90 Å². The first-order valence-corrected chi connectivity index (χ1v) is 6.96. The Labute approximate surface area is 121 Å². The van der Waals surface area contributed by atoms with Gasteiger partial charge in [-0.2, -0.15) is 0 Å². The zero-order valence-corrected chi connectivity index (χ0v) is 11.6. The van der Waals surface area contributed by atoms with E-state index in [1.807, 2.05) is 18.2 Å². The molecule has 0 saturated carbocycles.